The van der Waals surface area contributed by atoms with Crippen LogP contribution in [0.1, 0.15) is 64.5 Å². The summed E-state index contributed by atoms with van der Waals surface area (Å²) in [7, 11) is 0. The lowest BCUT2D eigenvalue weighted by molar-refractivity contribution is -0.117. The zero-order chi connectivity index (χ0) is 19.0. The Bertz CT molecular complexity index is 808. The number of hydrogen-bond donors (Lipinski definition) is 1. The highest BCUT2D eigenvalue weighted by atomic mass is 32.2. The molecule has 2 aliphatic rings. The maximum atomic E-state index is 12.4. The molecule has 5 nitrogen and oxygen atoms in total. The molecule has 0 spiro atoms. The number of fused-ring (bicyclic) bond motifs is 2. The van der Waals surface area contributed by atoms with E-state index in [1.165, 1.54) is 37.0 Å². The summed E-state index contributed by atoms with van der Waals surface area (Å²) in [5.41, 5.74) is -0.0311. The monoisotopic (exact) mass is 405 g/mol. The number of carbonyl (C=O) groups excluding carboxylic acids is 1. The van der Waals surface area contributed by atoms with Crippen molar-refractivity contribution in [1.29, 1.82) is 0 Å². The zero-order valence-corrected chi connectivity index (χ0v) is 17.8. The molecular formula is C20H27N3O2S2. The highest BCUT2D eigenvalue weighted by Crippen LogP contribution is 2.49. The highest BCUT2D eigenvalue weighted by molar-refractivity contribution is 8.00. The second-order valence-electron chi connectivity index (χ2n) is 8.83. The standard InChI is InChI=1S/C20H27N3O2S2/c1-20(2,3)15-9-21-17(25-15)11-26-18-10-22-19(27-18)23-16(24)8-14-7-12-4-5-13(14)6-12/h9-10,12-14H,4-8,11H2,1-3H3,(H,22,23,24)/t12-,13?,14?/m1/s1. The van der Waals surface area contributed by atoms with E-state index in [1.807, 2.05) is 12.4 Å². The fraction of sp³-hybridized carbons (Fsp3) is 0.650. The van der Waals surface area contributed by atoms with E-state index in [0.29, 0.717) is 23.2 Å². The van der Waals surface area contributed by atoms with E-state index in [2.05, 4.69) is 36.1 Å². The molecule has 2 fully saturated rings. The minimum atomic E-state index is -0.0311. The Morgan fingerprint density at radius 1 is 1.30 bits per heavy atom. The van der Waals surface area contributed by atoms with Gasteiger partial charge >= 0.3 is 0 Å². The molecule has 2 bridgehead atoms. The number of carbonyl (C=O) groups is 1. The molecule has 0 aromatic carbocycles. The summed E-state index contributed by atoms with van der Waals surface area (Å²) in [6.07, 6.45) is 9.54. The summed E-state index contributed by atoms with van der Waals surface area (Å²) >= 11 is 3.15. The predicted octanol–water partition coefficient (Wildman–Crippen LogP) is 5.49. The SMILES string of the molecule is CC(C)(C)c1cnc(CSc2cnc(NC(=O)CC3C[C@@H]4CCC3C4)s2)o1. The molecule has 2 unspecified atom stereocenters. The van der Waals surface area contributed by atoms with E-state index in [-0.39, 0.29) is 11.3 Å². The molecule has 2 heterocycles. The maximum Gasteiger partial charge on any atom is 0.226 e. The van der Waals surface area contributed by atoms with Crippen LogP contribution in [0.5, 0.6) is 0 Å². The third-order valence-corrected chi connectivity index (χ3v) is 7.79. The summed E-state index contributed by atoms with van der Waals surface area (Å²) in [5.74, 6) is 4.64. The van der Waals surface area contributed by atoms with Crippen LogP contribution in [-0.4, -0.2) is 15.9 Å². The van der Waals surface area contributed by atoms with E-state index >= 15 is 0 Å². The number of nitrogens with one attached hydrogen (secondary N) is 1. The molecule has 2 aliphatic carbocycles. The molecule has 0 radical (unpaired) electrons. The van der Waals surface area contributed by atoms with Gasteiger partial charge in [0.1, 0.15) is 5.76 Å². The molecule has 1 N–H and O–H groups in total. The van der Waals surface area contributed by atoms with E-state index < -0.39 is 0 Å². The highest BCUT2D eigenvalue weighted by Gasteiger charge is 2.40. The van der Waals surface area contributed by atoms with Crippen LogP contribution in [0.2, 0.25) is 0 Å². The van der Waals surface area contributed by atoms with Gasteiger partial charge in [0.2, 0.25) is 11.8 Å². The summed E-state index contributed by atoms with van der Waals surface area (Å²) in [6, 6.07) is 0. The number of nitrogens with zero attached hydrogens (tertiary/aromatic N) is 2. The van der Waals surface area contributed by atoms with Crippen molar-refractivity contribution in [3.63, 3.8) is 0 Å². The van der Waals surface area contributed by atoms with E-state index in [9.17, 15) is 4.79 Å². The van der Waals surface area contributed by atoms with Gasteiger partial charge in [-0.1, -0.05) is 38.5 Å². The van der Waals surface area contributed by atoms with Crippen LogP contribution in [0.4, 0.5) is 5.13 Å². The Morgan fingerprint density at radius 2 is 2.15 bits per heavy atom. The molecule has 2 aromatic heterocycles. The number of aromatic nitrogens is 2. The van der Waals surface area contributed by atoms with Crippen molar-refractivity contribution in [2.24, 2.45) is 17.8 Å². The molecule has 2 aromatic rings. The van der Waals surface area contributed by atoms with Crippen LogP contribution in [0, 0.1) is 17.8 Å². The second kappa shape index (κ2) is 7.59. The number of thiazole rings is 1. The zero-order valence-electron chi connectivity index (χ0n) is 16.2. The second-order valence-corrected chi connectivity index (χ2v) is 11.1. The van der Waals surface area contributed by atoms with Gasteiger partial charge in [0.15, 0.2) is 5.13 Å². The van der Waals surface area contributed by atoms with E-state index in [1.54, 1.807) is 11.8 Å². The molecule has 3 atom stereocenters. The Hall–Kier alpha value is -1.34. The summed E-state index contributed by atoms with van der Waals surface area (Å²) in [4.78, 5) is 21.1. The van der Waals surface area contributed by atoms with Crippen LogP contribution < -0.4 is 5.32 Å². The third kappa shape index (κ3) is 4.57. The van der Waals surface area contributed by atoms with Crippen molar-refractivity contribution in [3.8, 4) is 0 Å². The summed E-state index contributed by atoms with van der Waals surface area (Å²) < 4.78 is 6.88. The van der Waals surface area contributed by atoms with Crippen LogP contribution >= 0.6 is 23.1 Å². The van der Waals surface area contributed by atoms with Gasteiger partial charge in [0.25, 0.3) is 0 Å². The molecule has 7 heteroatoms. The van der Waals surface area contributed by atoms with Crippen LogP contribution in [0.3, 0.4) is 0 Å². The fourth-order valence-corrected chi connectivity index (χ4v) is 6.02. The summed E-state index contributed by atoms with van der Waals surface area (Å²) in [6.45, 7) is 6.33. The smallest absolute Gasteiger partial charge is 0.226 e. The van der Waals surface area contributed by atoms with Crippen molar-refractivity contribution in [2.75, 3.05) is 5.32 Å². The topological polar surface area (TPSA) is 68.0 Å². The molecular weight excluding hydrogens is 378 g/mol. The molecule has 146 valence electrons. The average Bonchev–Trinajstić information content (AvgIpc) is 3.36. The molecule has 0 saturated heterocycles. The summed E-state index contributed by atoms with van der Waals surface area (Å²) in [5, 5.41) is 3.68. The number of amides is 1. The molecule has 1 amide bonds. The lowest BCUT2D eigenvalue weighted by Gasteiger charge is -2.20. The van der Waals surface area contributed by atoms with Crippen LogP contribution in [-0.2, 0) is 16.0 Å². The first-order valence-electron chi connectivity index (χ1n) is 9.70. The number of thioether (sulfide) groups is 1. The van der Waals surface area contributed by atoms with Gasteiger partial charge in [-0.25, -0.2) is 9.97 Å². The minimum absolute atomic E-state index is 0.0311. The average molecular weight is 406 g/mol. The lowest BCUT2D eigenvalue weighted by atomic mass is 9.86. The minimum Gasteiger partial charge on any atom is -0.444 e. The molecule has 4 rings (SSSR count). The van der Waals surface area contributed by atoms with Crippen molar-refractivity contribution >= 4 is 34.1 Å². The van der Waals surface area contributed by atoms with E-state index in [0.717, 1.165) is 27.7 Å². The van der Waals surface area contributed by atoms with Crippen molar-refractivity contribution < 1.29 is 9.21 Å². The van der Waals surface area contributed by atoms with Gasteiger partial charge in [-0.15, -0.1) is 11.8 Å². The number of oxazole rings is 1. The Morgan fingerprint density at radius 3 is 2.81 bits per heavy atom. The van der Waals surface area contributed by atoms with Crippen LogP contribution in [0.15, 0.2) is 21.0 Å². The maximum absolute atomic E-state index is 12.4. The number of rotatable bonds is 6. The molecule has 0 aliphatic heterocycles. The molecule has 27 heavy (non-hydrogen) atoms. The fourth-order valence-electron chi connectivity index (χ4n) is 4.28. The first-order valence-corrected chi connectivity index (χ1v) is 11.5. The first kappa shape index (κ1) is 19.0. The first-order chi connectivity index (χ1) is 12.9. The van der Waals surface area contributed by atoms with Gasteiger partial charge in [-0.05, 0) is 37.0 Å². The largest absolute Gasteiger partial charge is 0.444 e. The quantitative estimate of drug-likeness (QED) is 0.644. The lowest BCUT2D eigenvalue weighted by Crippen LogP contribution is -2.20. The third-order valence-electron chi connectivity index (χ3n) is 5.69. The number of anilines is 1. The normalized spacial score (nSPS) is 24.5. The van der Waals surface area contributed by atoms with Crippen molar-refractivity contribution in [3.05, 3.63) is 24.0 Å². The van der Waals surface area contributed by atoms with Gasteiger partial charge in [-0.2, -0.15) is 0 Å². The van der Waals surface area contributed by atoms with Gasteiger partial charge in [0, 0.05) is 11.8 Å². The number of hydrogen-bond acceptors (Lipinski definition) is 6. The van der Waals surface area contributed by atoms with Gasteiger partial charge in [-0.3, -0.25) is 4.79 Å². The van der Waals surface area contributed by atoms with E-state index in [4.69, 9.17) is 4.42 Å². The molecule has 2 saturated carbocycles. The van der Waals surface area contributed by atoms with Gasteiger partial charge < -0.3 is 9.73 Å². The van der Waals surface area contributed by atoms with Gasteiger partial charge in [0.05, 0.1) is 22.4 Å². The Balaban J connectivity index is 1.26. The van der Waals surface area contributed by atoms with Crippen molar-refractivity contribution in [2.45, 2.75) is 68.3 Å². The Labute approximate surface area is 168 Å². The predicted molar refractivity (Wildman–Crippen MR) is 109 cm³/mol. The van der Waals surface area contributed by atoms with Crippen LogP contribution in [0.25, 0.3) is 0 Å². The van der Waals surface area contributed by atoms with Crippen molar-refractivity contribution in [1.82, 2.24) is 9.97 Å². The Kier molecular flexibility index (Phi) is 5.34.